The van der Waals surface area contributed by atoms with Crippen molar-refractivity contribution in [2.24, 2.45) is 5.73 Å². The number of nitrogens with one attached hydrogen (secondary N) is 4. The average Bonchev–Trinajstić information content (AvgIpc) is 2.97. The van der Waals surface area contributed by atoms with Crippen molar-refractivity contribution in [2.75, 3.05) is 6.54 Å². The summed E-state index contributed by atoms with van der Waals surface area (Å²) in [4.78, 5) is 65.5. The minimum absolute atomic E-state index is 0.0297. The third kappa shape index (κ3) is 10.3. The van der Waals surface area contributed by atoms with Gasteiger partial charge in [-0.1, -0.05) is 57.5 Å². The van der Waals surface area contributed by atoms with Gasteiger partial charge in [0.05, 0.1) is 17.3 Å². The number of hydrogen-bond acceptors (Lipinski definition) is 9. The van der Waals surface area contributed by atoms with E-state index in [1.165, 1.54) is 12.1 Å². The third-order valence-electron chi connectivity index (χ3n) is 7.10. The lowest BCUT2D eigenvalue weighted by Gasteiger charge is -2.38. The normalized spacial score (nSPS) is 23.0. The summed E-state index contributed by atoms with van der Waals surface area (Å²) < 4.78 is -2.17. The van der Waals surface area contributed by atoms with Gasteiger partial charge in [-0.2, -0.15) is 0 Å². The van der Waals surface area contributed by atoms with E-state index in [0.29, 0.717) is 16.1 Å². The number of hydrogen-bond donors (Lipinski definition) is 7. The molecule has 45 heavy (non-hydrogen) atoms. The zero-order valence-electron chi connectivity index (χ0n) is 25.3. The van der Waals surface area contributed by atoms with E-state index in [1.807, 2.05) is 0 Å². The SMILES string of the molecule is CC1(C)SSC(C)(C)[C@H](C(=O)O)NC(=O)[C@H](Cc2ccc(Cl)cc2)NC(=O)CNC(=O)C1NC(=O)[C@@H](N)Cc1ccc(O)cc1. The van der Waals surface area contributed by atoms with Crippen molar-refractivity contribution in [3.8, 4) is 5.75 Å². The largest absolute Gasteiger partial charge is 0.508 e. The zero-order valence-corrected chi connectivity index (χ0v) is 27.6. The lowest BCUT2D eigenvalue weighted by molar-refractivity contribution is -0.143. The molecule has 2 aromatic rings. The van der Waals surface area contributed by atoms with E-state index < -0.39 is 69.8 Å². The molecular weight excluding hydrogens is 642 g/mol. The summed E-state index contributed by atoms with van der Waals surface area (Å²) in [5, 5.41) is 30.5. The Morgan fingerprint density at radius 2 is 1.53 bits per heavy atom. The Balaban J connectivity index is 1.89. The Kier molecular flexibility index (Phi) is 12.2. The van der Waals surface area contributed by atoms with Crippen LogP contribution in [0.25, 0.3) is 0 Å². The van der Waals surface area contributed by atoms with Crippen LogP contribution in [0.15, 0.2) is 48.5 Å². The van der Waals surface area contributed by atoms with Gasteiger partial charge in [0.15, 0.2) is 0 Å². The molecule has 1 aliphatic rings. The highest BCUT2D eigenvalue weighted by molar-refractivity contribution is 8.77. The van der Waals surface area contributed by atoms with Crippen LogP contribution in [0, 0.1) is 0 Å². The smallest absolute Gasteiger partial charge is 0.327 e. The summed E-state index contributed by atoms with van der Waals surface area (Å²) in [6.07, 6.45) is 0.162. The summed E-state index contributed by atoms with van der Waals surface area (Å²) in [5.41, 5.74) is 7.53. The quantitative estimate of drug-likeness (QED) is 0.212. The van der Waals surface area contributed by atoms with Gasteiger partial charge in [-0.15, -0.1) is 0 Å². The van der Waals surface area contributed by atoms with Crippen LogP contribution >= 0.6 is 33.2 Å². The van der Waals surface area contributed by atoms with E-state index in [2.05, 4.69) is 21.3 Å². The molecule has 1 unspecified atom stereocenters. The van der Waals surface area contributed by atoms with Crippen LogP contribution in [0.3, 0.4) is 0 Å². The summed E-state index contributed by atoms with van der Waals surface area (Å²) in [7, 11) is 2.29. The number of halogens is 1. The van der Waals surface area contributed by atoms with Gasteiger partial charge in [0, 0.05) is 16.2 Å². The first kappa shape index (κ1) is 36.0. The molecule has 4 amide bonds. The van der Waals surface area contributed by atoms with Crippen molar-refractivity contribution in [3.63, 3.8) is 0 Å². The Morgan fingerprint density at radius 1 is 0.956 bits per heavy atom. The molecule has 15 heteroatoms. The van der Waals surface area contributed by atoms with Crippen molar-refractivity contribution in [1.82, 2.24) is 21.3 Å². The van der Waals surface area contributed by atoms with E-state index in [4.69, 9.17) is 17.3 Å². The number of rotatable bonds is 7. The molecule has 0 aromatic heterocycles. The van der Waals surface area contributed by atoms with E-state index in [-0.39, 0.29) is 18.6 Å². The number of nitrogens with two attached hydrogens (primary N) is 1. The number of carboxylic acids is 1. The van der Waals surface area contributed by atoms with Crippen LogP contribution in [0.1, 0.15) is 38.8 Å². The number of phenolic OH excluding ortho intramolecular Hbond substituents is 1. The predicted octanol–water partition coefficient (Wildman–Crippen LogP) is 1.77. The van der Waals surface area contributed by atoms with Gasteiger partial charge in [-0.05, 0) is 69.5 Å². The number of carboxylic acid groups (broad SMARTS) is 1. The van der Waals surface area contributed by atoms with E-state index in [1.54, 1.807) is 64.1 Å². The highest BCUT2D eigenvalue weighted by Crippen LogP contribution is 2.46. The van der Waals surface area contributed by atoms with Gasteiger partial charge >= 0.3 is 5.97 Å². The lowest BCUT2D eigenvalue weighted by Crippen LogP contribution is -2.61. The standard InChI is InChI=1S/C30H38ClN5O7S2/c1-29(2)23(35-25(39)20(32)13-16-7-11-19(37)12-8-16)27(41)33-15-22(38)34-21(14-17-5-9-18(31)10-6-17)26(40)36-24(28(42)43)30(3,4)45-44-29/h5-12,20-21,23-24,37H,13-15,32H2,1-4H3,(H,33,41)(H,34,38)(H,35,39)(H,36,40)(H,42,43)/t20-,21-,23?,24-/m0/s1. The van der Waals surface area contributed by atoms with Crippen LogP contribution in [0.2, 0.25) is 5.02 Å². The third-order valence-corrected chi connectivity index (χ3v) is 11.6. The molecule has 2 aromatic carbocycles. The highest BCUT2D eigenvalue weighted by atomic mass is 35.5. The summed E-state index contributed by atoms with van der Waals surface area (Å²) >= 11 is 5.98. The number of phenols is 1. The summed E-state index contributed by atoms with van der Waals surface area (Å²) in [6.45, 7) is 6.15. The van der Waals surface area contributed by atoms with Crippen LogP contribution < -0.4 is 27.0 Å². The van der Waals surface area contributed by atoms with E-state index in [9.17, 15) is 34.2 Å². The van der Waals surface area contributed by atoms with E-state index in [0.717, 1.165) is 21.6 Å². The molecule has 8 N–H and O–H groups in total. The monoisotopic (exact) mass is 679 g/mol. The fourth-order valence-electron chi connectivity index (χ4n) is 4.45. The summed E-state index contributed by atoms with van der Waals surface area (Å²) in [6, 6.07) is 8.05. The molecular formula is C30H38ClN5O7S2. The second-order valence-corrected chi connectivity index (χ2v) is 15.6. The first-order valence-corrected chi connectivity index (χ1v) is 16.6. The summed E-state index contributed by atoms with van der Waals surface area (Å²) in [5.74, 6) is -3.92. The number of carbonyl (C=O) groups excluding carboxylic acids is 4. The van der Waals surface area contributed by atoms with Crippen LogP contribution in [-0.4, -0.2) is 80.0 Å². The van der Waals surface area contributed by atoms with Crippen LogP contribution in [0.4, 0.5) is 0 Å². The van der Waals surface area contributed by atoms with Gasteiger partial charge in [-0.25, -0.2) is 4.79 Å². The zero-order chi connectivity index (χ0) is 33.5. The molecule has 1 heterocycles. The molecule has 12 nitrogen and oxygen atoms in total. The maximum absolute atomic E-state index is 13.5. The van der Waals surface area contributed by atoms with Gasteiger partial charge in [0.1, 0.15) is 23.9 Å². The minimum Gasteiger partial charge on any atom is -0.508 e. The highest BCUT2D eigenvalue weighted by Gasteiger charge is 2.44. The maximum atomic E-state index is 13.5. The van der Waals surface area contributed by atoms with Crippen LogP contribution in [-0.2, 0) is 36.8 Å². The average molecular weight is 680 g/mol. The molecule has 1 saturated heterocycles. The Labute approximate surface area is 274 Å². The fraction of sp³-hybridized carbons (Fsp3) is 0.433. The molecule has 244 valence electrons. The second-order valence-electron chi connectivity index (χ2n) is 11.7. The van der Waals surface area contributed by atoms with Crippen molar-refractivity contribution < 1.29 is 34.2 Å². The molecule has 0 radical (unpaired) electrons. The van der Waals surface area contributed by atoms with Gasteiger partial charge in [0.25, 0.3) is 0 Å². The van der Waals surface area contributed by atoms with Crippen LogP contribution in [0.5, 0.6) is 5.75 Å². The van der Waals surface area contributed by atoms with Crippen molar-refractivity contribution in [2.45, 2.75) is 74.2 Å². The minimum atomic E-state index is -1.38. The van der Waals surface area contributed by atoms with Crippen molar-refractivity contribution in [1.29, 1.82) is 0 Å². The molecule has 0 spiro atoms. The molecule has 1 aliphatic heterocycles. The van der Waals surface area contributed by atoms with Gasteiger partial charge < -0.3 is 37.2 Å². The Hall–Kier alpha value is -3.46. The second kappa shape index (κ2) is 15.2. The number of aromatic hydroxyl groups is 1. The number of amides is 4. The maximum Gasteiger partial charge on any atom is 0.327 e. The molecule has 0 saturated carbocycles. The van der Waals surface area contributed by atoms with Crippen molar-refractivity contribution in [3.05, 3.63) is 64.7 Å². The number of carbonyl (C=O) groups is 5. The predicted molar refractivity (Wildman–Crippen MR) is 175 cm³/mol. The first-order chi connectivity index (χ1) is 21.0. The number of aliphatic carboxylic acids is 1. The first-order valence-electron chi connectivity index (χ1n) is 14.0. The van der Waals surface area contributed by atoms with Crippen molar-refractivity contribution >= 4 is 62.8 Å². The Bertz CT molecular complexity index is 1410. The van der Waals surface area contributed by atoms with E-state index >= 15 is 0 Å². The lowest BCUT2D eigenvalue weighted by atomic mass is 10.00. The molecule has 0 bridgehead atoms. The topological polar surface area (TPSA) is 200 Å². The van der Waals surface area contributed by atoms with Gasteiger partial charge in [0.2, 0.25) is 23.6 Å². The number of benzene rings is 2. The fourth-order valence-corrected chi connectivity index (χ4v) is 7.39. The molecule has 0 aliphatic carbocycles. The Morgan fingerprint density at radius 3 is 2.13 bits per heavy atom. The molecule has 3 rings (SSSR count). The molecule has 1 fully saturated rings. The molecule has 4 atom stereocenters. The van der Waals surface area contributed by atoms with Gasteiger partial charge in [-0.3, -0.25) is 19.2 Å².